The predicted molar refractivity (Wildman–Crippen MR) is 80.9 cm³/mol. The first-order valence-electron chi connectivity index (χ1n) is 5.88. The monoisotopic (exact) mass is 374 g/mol. The second-order valence-corrected chi connectivity index (χ2v) is 6.06. The van der Waals surface area contributed by atoms with Crippen LogP contribution in [0.3, 0.4) is 0 Å². The van der Waals surface area contributed by atoms with Crippen LogP contribution in [0.25, 0.3) is 0 Å². The van der Waals surface area contributed by atoms with Crippen molar-refractivity contribution in [2.45, 2.75) is 6.04 Å². The Morgan fingerprint density at radius 1 is 1.33 bits per heavy atom. The fraction of sp³-hybridized carbons (Fsp3) is 0.385. The summed E-state index contributed by atoms with van der Waals surface area (Å²) in [6.07, 6.45) is 1.89. The molecule has 2 rings (SSSR count). The number of piperazine rings is 1. The number of phenols is 1. The summed E-state index contributed by atoms with van der Waals surface area (Å²) in [6.45, 7) is 7.77. The Morgan fingerprint density at radius 3 is 2.56 bits per heavy atom. The molecule has 0 radical (unpaired) electrons. The molecule has 0 aliphatic carbocycles. The molecule has 1 aliphatic heterocycles. The van der Waals surface area contributed by atoms with Gasteiger partial charge in [0.1, 0.15) is 5.75 Å². The number of benzene rings is 1. The molecule has 1 aromatic carbocycles. The van der Waals surface area contributed by atoms with Crippen LogP contribution < -0.4 is 5.32 Å². The van der Waals surface area contributed by atoms with Crippen molar-refractivity contribution < 1.29 is 5.11 Å². The summed E-state index contributed by atoms with van der Waals surface area (Å²) in [5.41, 5.74) is 0.884. The molecule has 2 N–H and O–H groups in total. The lowest BCUT2D eigenvalue weighted by Crippen LogP contribution is -2.44. The van der Waals surface area contributed by atoms with Crippen LogP contribution in [-0.4, -0.2) is 36.2 Å². The Hall–Kier alpha value is -0.360. The number of halogens is 2. The number of nitrogens with zero attached hydrogens (tertiary/aromatic N) is 1. The minimum Gasteiger partial charge on any atom is -0.508 e. The maximum absolute atomic E-state index is 10.2. The number of aromatic hydroxyl groups is 1. The summed E-state index contributed by atoms with van der Waals surface area (Å²) in [5.74, 6) is 0.291. The maximum atomic E-state index is 10.2. The average Bonchev–Trinajstić information content (AvgIpc) is 2.34. The van der Waals surface area contributed by atoms with Crippen molar-refractivity contribution in [3.8, 4) is 5.75 Å². The molecule has 98 valence electrons. The Kier molecular flexibility index (Phi) is 4.84. The van der Waals surface area contributed by atoms with Crippen LogP contribution in [-0.2, 0) is 0 Å². The van der Waals surface area contributed by atoms with Crippen LogP contribution in [0.2, 0.25) is 0 Å². The van der Waals surface area contributed by atoms with Gasteiger partial charge in [0.2, 0.25) is 0 Å². The van der Waals surface area contributed by atoms with Crippen molar-refractivity contribution in [2.75, 3.05) is 26.2 Å². The third-order valence-electron chi connectivity index (χ3n) is 3.14. The minimum atomic E-state index is 0.0366. The van der Waals surface area contributed by atoms with Gasteiger partial charge in [-0.3, -0.25) is 4.90 Å². The highest BCUT2D eigenvalue weighted by Gasteiger charge is 2.24. The van der Waals surface area contributed by atoms with E-state index < -0.39 is 0 Å². The molecule has 18 heavy (non-hydrogen) atoms. The molecular weight excluding hydrogens is 360 g/mol. The normalized spacial score (nSPS) is 18.6. The molecule has 0 saturated carbocycles. The van der Waals surface area contributed by atoms with Crippen molar-refractivity contribution in [1.29, 1.82) is 0 Å². The lowest BCUT2D eigenvalue weighted by Gasteiger charge is -2.34. The van der Waals surface area contributed by atoms with E-state index in [-0.39, 0.29) is 6.04 Å². The summed E-state index contributed by atoms with van der Waals surface area (Å²) in [6, 6.07) is 3.71. The van der Waals surface area contributed by atoms with Gasteiger partial charge < -0.3 is 10.4 Å². The zero-order valence-electron chi connectivity index (χ0n) is 10.00. The highest BCUT2D eigenvalue weighted by atomic mass is 79.9. The third kappa shape index (κ3) is 2.96. The zero-order chi connectivity index (χ0) is 13.1. The molecule has 0 spiro atoms. The molecule has 0 unspecified atom stereocenters. The van der Waals surface area contributed by atoms with Crippen LogP contribution in [0.4, 0.5) is 0 Å². The third-order valence-corrected chi connectivity index (χ3v) is 4.25. The molecular formula is C13H16Br2N2O. The van der Waals surface area contributed by atoms with Crippen molar-refractivity contribution >= 4 is 31.9 Å². The fourth-order valence-electron chi connectivity index (χ4n) is 2.27. The van der Waals surface area contributed by atoms with E-state index in [2.05, 4.69) is 48.7 Å². The molecule has 0 amide bonds. The highest BCUT2D eigenvalue weighted by Crippen LogP contribution is 2.38. The number of nitrogens with one attached hydrogen (secondary N) is 1. The molecule has 1 aliphatic rings. The highest BCUT2D eigenvalue weighted by molar-refractivity contribution is 9.11. The SMILES string of the molecule is C=C[C@@H](c1c(O)cc(Br)cc1Br)N1CCNCC1. The molecule has 0 aromatic heterocycles. The Labute approximate surface area is 124 Å². The number of rotatable bonds is 3. The van der Waals surface area contributed by atoms with Gasteiger partial charge in [0.25, 0.3) is 0 Å². The van der Waals surface area contributed by atoms with Crippen molar-refractivity contribution in [3.63, 3.8) is 0 Å². The number of hydrogen-bond donors (Lipinski definition) is 2. The fourth-order valence-corrected chi connectivity index (χ4v) is 3.71. The maximum Gasteiger partial charge on any atom is 0.122 e. The van der Waals surface area contributed by atoms with Gasteiger partial charge in [-0.05, 0) is 12.1 Å². The second-order valence-electron chi connectivity index (χ2n) is 4.29. The average molecular weight is 376 g/mol. The first kappa shape index (κ1) is 14.1. The molecule has 1 atom stereocenters. The van der Waals surface area contributed by atoms with Gasteiger partial charge in [-0.25, -0.2) is 0 Å². The van der Waals surface area contributed by atoms with Gasteiger partial charge in [0.05, 0.1) is 6.04 Å². The van der Waals surface area contributed by atoms with Crippen LogP contribution in [0.5, 0.6) is 5.75 Å². The Bertz CT molecular complexity index is 422. The van der Waals surface area contributed by atoms with Gasteiger partial charge >= 0.3 is 0 Å². The van der Waals surface area contributed by atoms with Gasteiger partial charge in [-0.15, -0.1) is 6.58 Å². The Balaban J connectivity index is 2.35. The van der Waals surface area contributed by atoms with Crippen molar-refractivity contribution in [3.05, 3.63) is 39.3 Å². The van der Waals surface area contributed by atoms with E-state index in [1.165, 1.54) is 0 Å². The molecule has 0 bridgehead atoms. The molecule has 1 heterocycles. The number of phenolic OH excluding ortho intramolecular Hbond substituents is 1. The van der Waals surface area contributed by atoms with Crippen LogP contribution in [0.15, 0.2) is 33.7 Å². The molecule has 3 nitrogen and oxygen atoms in total. The van der Waals surface area contributed by atoms with E-state index in [0.29, 0.717) is 5.75 Å². The summed E-state index contributed by atoms with van der Waals surface area (Å²) in [5, 5.41) is 13.5. The van der Waals surface area contributed by atoms with Crippen molar-refractivity contribution in [2.24, 2.45) is 0 Å². The quantitative estimate of drug-likeness (QED) is 0.797. The largest absolute Gasteiger partial charge is 0.508 e. The summed E-state index contributed by atoms with van der Waals surface area (Å²) >= 11 is 6.90. The minimum absolute atomic E-state index is 0.0366. The van der Waals surface area contributed by atoms with Gasteiger partial charge in [0.15, 0.2) is 0 Å². The topological polar surface area (TPSA) is 35.5 Å². The second kappa shape index (κ2) is 6.19. The van der Waals surface area contributed by atoms with Gasteiger partial charge in [-0.2, -0.15) is 0 Å². The first-order chi connectivity index (χ1) is 8.63. The first-order valence-corrected chi connectivity index (χ1v) is 7.47. The standard InChI is InChI=1S/C13H16Br2N2O/c1-2-11(17-5-3-16-4-6-17)13-10(15)7-9(14)8-12(13)18/h2,7-8,11,16,18H,1,3-6H2/t11-/m0/s1. The van der Waals surface area contributed by atoms with Gasteiger partial charge in [0, 0.05) is 40.7 Å². The lowest BCUT2D eigenvalue weighted by molar-refractivity contribution is 0.200. The summed E-state index contributed by atoms with van der Waals surface area (Å²) in [4.78, 5) is 2.32. The van der Waals surface area contributed by atoms with E-state index in [0.717, 1.165) is 40.7 Å². The predicted octanol–water partition coefficient (Wildman–Crippen LogP) is 3.05. The van der Waals surface area contributed by atoms with Crippen LogP contribution in [0, 0.1) is 0 Å². The van der Waals surface area contributed by atoms with E-state index in [1.807, 2.05) is 12.1 Å². The number of hydrogen-bond acceptors (Lipinski definition) is 3. The lowest BCUT2D eigenvalue weighted by atomic mass is 10.0. The summed E-state index contributed by atoms with van der Waals surface area (Å²) in [7, 11) is 0. The van der Waals surface area contributed by atoms with Gasteiger partial charge in [-0.1, -0.05) is 37.9 Å². The Morgan fingerprint density at radius 2 is 2.00 bits per heavy atom. The molecule has 1 saturated heterocycles. The van der Waals surface area contributed by atoms with E-state index in [9.17, 15) is 5.11 Å². The molecule has 5 heteroatoms. The zero-order valence-corrected chi connectivity index (χ0v) is 13.2. The van der Waals surface area contributed by atoms with E-state index in [4.69, 9.17) is 0 Å². The smallest absolute Gasteiger partial charge is 0.122 e. The van der Waals surface area contributed by atoms with Crippen molar-refractivity contribution in [1.82, 2.24) is 10.2 Å². The van der Waals surface area contributed by atoms with E-state index >= 15 is 0 Å². The van der Waals surface area contributed by atoms with E-state index in [1.54, 1.807) is 6.07 Å². The summed E-state index contributed by atoms with van der Waals surface area (Å²) < 4.78 is 1.76. The van der Waals surface area contributed by atoms with Crippen LogP contribution in [0.1, 0.15) is 11.6 Å². The van der Waals surface area contributed by atoms with Crippen LogP contribution >= 0.6 is 31.9 Å². The molecule has 1 fully saturated rings. The molecule has 1 aromatic rings.